The molecular weight excluding hydrogens is 430 g/mol. The Balaban J connectivity index is 1.35. The summed E-state index contributed by atoms with van der Waals surface area (Å²) in [7, 11) is 3.98. The molecule has 0 aliphatic carbocycles. The first kappa shape index (κ1) is 22.2. The van der Waals surface area contributed by atoms with Crippen LogP contribution in [0.1, 0.15) is 21.5 Å². The van der Waals surface area contributed by atoms with Crippen LogP contribution in [0.15, 0.2) is 83.3 Å². The highest BCUT2D eigenvalue weighted by Crippen LogP contribution is 2.27. The summed E-state index contributed by atoms with van der Waals surface area (Å²) >= 11 is 1.54. The van der Waals surface area contributed by atoms with Gasteiger partial charge in [0, 0.05) is 42.0 Å². The van der Waals surface area contributed by atoms with Gasteiger partial charge in [-0.25, -0.2) is 10.4 Å². The van der Waals surface area contributed by atoms with Crippen molar-refractivity contribution in [2.45, 2.75) is 6.92 Å². The third-order valence-electron chi connectivity index (χ3n) is 5.04. The number of aromatic nitrogens is 1. The van der Waals surface area contributed by atoms with E-state index in [2.05, 4.69) is 39.9 Å². The summed E-state index contributed by atoms with van der Waals surface area (Å²) in [6.45, 7) is 2.06. The molecule has 0 aliphatic rings. The minimum atomic E-state index is -0.261. The van der Waals surface area contributed by atoms with Gasteiger partial charge in [-0.1, -0.05) is 42.0 Å². The average Bonchev–Trinajstić information content (AvgIpc) is 3.29. The minimum Gasteiger partial charge on any atom is -0.378 e. The van der Waals surface area contributed by atoms with Crippen molar-refractivity contribution in [1.29, 1.82) is 0 Å². The monoisotopic (exact) mass is 455 g/mol. The molecule has 33 heavy (non-hydrogen) atoms. The normalized spacial score (nSPS) is 10.9. The van der Waals surface area contributed by atoms with E-state index in [0.717, 1.165) is 33.3 Å². The molecule has 0 aliphatic heterocycles. The maximum absolute atomic E-state index is 12.4. The maximum atomic E-state index is 12.4. The Hall–Kier alpha value is -3.97. The summed E-state index contributed by atoms with van der Waals surface area (Å²) in [5.74, 6) is -0.261. The van der Waals surface area contributed by atoms with Gasteiger partial charge in [-0.15, -0.1) is 11.3 Å². The fourth-order valence-electron chi connectivity index (χ4n) is 3.10. The van der Waals surface area contributed by atoms with Gasteiger partial charge < -0.3 is 10.2 Å². The molecule has 6 nitrogen and oxygen atoms in total. The van der Waals surface area contributed by atoms with E-state index in [0.29, 0.717) is 5.56 Å². The molecule has 0 saturated heterocycles. The van der Waals surface area contributed by atoms with Gasteiger partial charge in [0.05, 0.1) is 11.9 Å². The maximum Gasteiger partial charge on any atom is 0.271 e. The molecule has 3 aromatic carbocycles. The number of thiazole rings is 1. The van der Waals surface area contributed by atoms with Crippen molar-refractivity contribution in [3.05, 3.63) is 94.9 Å². The quantitative estimate of drug-likeness (QED) is 0.277. The highest BCUT2D eigenvalue weighted by molar-refractivity contribution is 7.14. The van der Waals surface area contributed by atoms with Crippen molar-refractivity contribution < 1.29 is 4.79 Å². The third-order valence-corrected chi connectivity index (χ3v) is 5.80. The Morgan fingerprint density at radius 3 is 2.33 bits per heavy atom. The average molecular weight is 456 g/mol. The molecule has 4 rings (SSSR count). The number of hydrogen-bond donors (Lipinski definition) is 2. The van der Waals surface area contributed by atoms with Crippen LogP contribution in [0.2, 0.25) is 0 Å². The van der Waals surface area contributed by atoms with E-state index in [1.54, 1.807) is 29.7 Å². The lowest BCUT2D eigenvalue weighted by Gasteiger charge is -2.11. The first-order valence-electron chi connectivity index (χ1n) is 10.5. The van der Waals surface area contributed by atoms with E-state index >= 15 is 0 Å². The van der Waals surface area contributed by atoms with Gasteiger partial charge >= 0.3 is 0 Å². The van der Waals surface area contributed by atoms with Crippen LogP contribution in [-0.4, -0.2) is 31.2 Å². The van der Waals surface area contributed by atoms with Gasteiger partial charge in [-0.2, -0.15) is 5.10 Å². The first-order valence-corrected chi connectivity index (χ1v) is 11.4. The number of carbonyl (C=O) groups excluding carboxylic acids is 1. The van der Waals surface area contributed by atoms with Gasteiger partial charge in [-0.05, 0) is 48.9 Å². The number of amides is 1. The van der Waals surface area contributed by atoms with Crippen LogP contribution in [0.25, 0.3) is 11.3 Å². The van der Waals surface area contributed by atoms with Gasteiger partial charge in [0.2, 0.25) is 0 Å². The summed E-state index contributed by atoms with van der Waals surface area (Å²) in [6, 6.07) is 23.4. The third kappa shape index (κ3) is 5.84. The SMILES string of the molecule is Cc1ccc(Nc2nc(-c3ccc(C(=O)N/N=C\c4ccc(N(C)C)cc4)cc3)cs2)cc1. The van der Waals surface area contributed by atoms with Crippen LogP contribution in [-0.2, 0) is 0 Å². The number of rotatable bonds is 7. The van der Waals surface area contributed by atoms with Crippen molar-refractivity contribution >= 4 is 40.0 Å². The fraction of sp³-hybridized carbons (Fsp3) is 0.115. The first-order chi connectivity index (χ1) is 16.0. The lowest BCUT2D eigenvalue weighted by atomic mass is 10.1. The van der Waals surface area contributed by atoms with Crippen LogP contribution >= 0.6 is 11.3 Å². The molecule has 1 amide bonds. The van der Waals surface area contributed by atoms with Crippen molar-refractivity contribution in [2.75, 3.05) is 24.3 Å². The molecule has 4 aromatic rings. The summed E-state index contributed by atoms with van der Waals surface area (Å²) < 4.78 is 0. The molecule has 0 saturated carbocycles. The zero-order valence-corrected chi connectivity index (χ0v) is 19.6. The van der Waals surface area contributed by atoms with Crippen molar-refractivity contribution in [2.24, 2.45) is 5.10 Å². The number of nitrogens with zero attached hydrogens (tertiary/aromatic N) is 3. The van der Waals surface area contributed by atoms with E-state index < -0.39 is 0 Å². The molecular formula is C26H25N5OS. The number of hydrogen-bond acceptors (Lipinski definition) is 6. The van der Waals surface area contributed by atoms with E-state index in [9.17, 15) is 4.79 Å². The number of carbonyl (C=O) groups is 1. The molecule has 0 bridgehead atoms. The Kier molecular flexibility index (Phi) is 6.80. The second-order valence-electron chi connectivity index (χ2n) is 7.79. The minimum absolute atomic E-state index is 0.261. The van der Waals surface area contributed by atoms with Crippen LogP contribution in [0.5, 0.6) is 0 Å². The second-order valence-corrected chi connectivity index (χ2v) is 8.65. The molecule has 0 fully saturated rings. The standard InChI is InChI=1S/C26H25N5OS/c1-18-4-12-22(13-5-18)28-26-29-24(17-33-26)20-8-10-21(11-9-20)25(32)30-27-16-19-6-14-23(15-7-19)31(2)3/h4-17H,1-3H3,(H,28,29)(H,30,32)/b27-16-. The molecule has 0 spiro atoms. The van der Waals surface area contributed by atoms with Crippen LogP contribution < -0.4 is 15.6 Å². The number of benzene rings is 3. The summed E-state index contributed by atoms with van der Waals surface area (Å²) in [5, 5.41) is 10.2. The molecule has 0 unspecified atom stereocenters. The van der Waals surface area contributed by atoms with E-state index in [4.69, 9.17) is 0 Å². The fourth-order valence-corrected chi connectivity index (χ4v) is 3.84. The Bertz CT molecular complexity index is 1240. The Labute approximate surface area is 197 Å². The largest absolute Gasteiger partial charge is 0.378 e. The lowest BCUT2D eigenvalue weighted by molar-refractivity contribution is 0.0955. The van der Waals surface area contributed by atoms with Crippen molar-refractivity contribution in [3.63, 3.8) is 0 Å². The van der Waals surface area contributed by atoms with Gasteiger partial charge in [0.1, 0.15) is 0 Å². The second kappa shape index (κ2) is 10.1. The molecule has 0 atom stereocenters. The Morgan fingerprint density at radius 2 is 1.67 bits per heavy atom. The van der Waals surface area contributed by atoms with Crippen LogP contribution in [0, 0.1) is 6.92 Å². The van der Waals surface area contributed by atoms with Crippen LogP contribution in [0.3, 0.4) is 0 Å². The molecule has 2 N–H and O–H groups in total. The number of anilines is 3. The van der Waals surface area contributed by atoms with Gasteiger partial charge in [0.15, 0.2) is 5.13 Å². The highest BCUT2D eigenvalue weighted by Gasteiger charge is 2.08. The van der Waals surface area contributed by atoms with E-state index in [1.165, 1.54) is 5.56 Å². The Morgan fingerprint density at radius 1 is 0.970 bits per heavy atom. The summed E-state index contributed by atoms with van der Waals surface area (Å²) in [6.07, 6.45) is 1.63. The summed E-state index contributed by atoms with van der Waals surface area (Å²) in [4.78, 5) is 19.1. The highest BCUT2D eigenvalue weighted by atomic mass is 32.1. The topological polar surface area (TPSA) is 69.6 Å². The number of aryl methyl sites for hydroxylation is 1. The molecule has 166 valence electrons. The molecule has 1 aromatic heterocycles. The van der Waals surface area contributed by atoms with Crippen molar-refractivity contribution in [3.8, 4) is 11.3 Å². The molecule has 0 radical (unpaired) electrons. The zero-order chi connectivity index (χ0) is 23.2. The zero-order valence-electron chi connectivity index (χ0n) is 18.7. The van der Waals surface area contributed by atoms with Gasteiger partial charge in [0.25, 0.3) is 5.91 Å². The number of hydrazone groups is 1. The van der Waals surface area contributed by atoms with E-state index in [1.807, 2.05) is 72.9 Å². The predicted octanol–water partition coefficient (Wildman–Crippen LogP) is 5.69. The predicted molar refractivity (Wildman–Crippen MR) is 138 cm³/mol. The van der Waals surface area contributed by atoms with Crippen LogP contribution in [0.4, 0.5) is 16.5 Å². The molecule has 7 heteroatoms. The summed E-state index contributed by atoms with van der Waals surface area (Å²) in [5.41, 5.74) is 9.16. The smallest absolute Gasteiger partial charge is 0.271 e. The lowest BCUT2D eigenvalue weighted by Crippen LogP contribution is -2.17. The van der Waals surface area contributed by atoms with E-state index in [-0.39, 0.29) is 5.91 Å². The van der Waals surface area contributed by atoms with Crippen molar-refractivity contribution in [1.82, 2.24) is 10.4 Å². The van der Waals surface area contributed by atoms with Gasteiger partial charge in [-0.3, -0.25) is 4.79 Å². The molecule has 1 heterocycles. The number of nitrogens with one attached hydrogen (secondary N) is 2.